The first-order chi connectivity index (χ1) is 12.3. The Bertz CT molecular complexity index is 824. The molecule has 1 aliphatic heterocycles. The fourth-order valence-electron chi connectivity index (χ4n) is 2.52. The molecule has 1 heterocycles. The van der Waals surface area contributed by atoms with Crippen LogP contribution in [0.2, 0.25) is 5.02 Å². The summed E-state index contributed by atoms with van der Waals surface area (Å²) in [6, 6.07) is 7.74. The smallest absolute Gasteiger partial charge is 0.416 e. The number of benzene rings is 2. The summed E-state index contributed by atoms with van der Waals surface area (Å²) in [4.78, 5) is 12.2. The molecule has 3 rings (SSSR count). The normalized spacial score (nSPS) is 13.8. The van der Waals surface area contributed by atoms with E-state index in [0.29, 0.717) is 30.4 Å². The van der Waals surface area contributed by atoms with Gasteiger partial charge in [-0.15, -0.1) is 0 Å². The fraction of sp³-hybridized carbons (Fsp3) is 0.278. The van der Waals surface area contributed by atoms with Crippen molar-refractivity contribution < 1.29 is 27.4 Å². The maximum Gasteiger partial charge on any atom is 0.416 e. The highest BCUT2D eigenvalue weighted by Gasteiger charge is 2.30. The Kier molecular flexibility index (Phi) is 5.27. The zero-order chi connectivity index (χ0) is 18.7. The van der Waals surface area contributed by atoms with Gasteiger partial charge < -0.3 is 14.8 Å². The zero-order valence-corrected chi connectivity index (χ0v) is 14.3. The molecule has 0 saturated heterocycles. The minimum atomic E-state index is -4.45. The molecule has 0 saturated carbocycles. The maximum atomic E-state index is 12.8. The molecular formula is C18H15ClF3NO3. The fourth-order valence-corrected chi connectivity index (χ4v) is 2.72. The molecule has 0 radical (unpaired) electrons. The van der Waals surface area contributed by atoms with Crippen molar-refractivity contribution >= 4 is 23.2 Å². The third kappa shape index (κ3) is 4.40. The van der Waals surface area contributed by atoms with Crippen molar-refractivity contribution in [3.63, 3.8) is 0 Å². The number of alkyl halides is 3. The van der Waals surface area contributed by atoms with Gasteiger partial charge >= 0.3 is 6.18 Å². The highest BCUT2D eigenvalue weighted by molar-refractivity contribution is 6.34. The van der Waals surface area contributed by atoms with Crippen molar-refractivity contribution in [3.8, 4) is 11.5 Å². The van der Waals surface area contributed by atoms with Gasteiger partial charge in [-0.3, -0.25) is 4.79 Å². The molecule has 0 atom stereocenters. The van der Waals surface area contributed by atoms with Gasteiger partial charge in [-0.1, -0.05) is 29.8 Å². The van der Waals surface area contributed by atoms with Crippen LogP contribution in [0.4, 0.5) is 18.9 Å². The molecule has 1 aliphatic rings. The second kappa shape index (κ2) is 7.45. The van der Waals surface area contributed by atoms with E-state index in [-0.39, 0.29) is 17.0 Å². The van der Waals surface area contributed by atoms with Gasteiger partial charge in [0, 0.05) is 18.6 Å². The number of rotatable bonds is 3. The summed E-state index contributed by atoms with van der Waals surface area (Å²) in [7, 11) is 0. The van der Waals surface area contributed by atoms with Crippen molar-refractivity contribution in [2.45, 2.75) is 19.0 Å². The Morgan fingerprint density at radius 3 is 2.50 bits per heavy atom. The number of halogens is 4. The van der Waals surface area contributed by atoms with E-state index in [1.807, 2.05) is 0 Å². The van der Waals surface area contributed by atoms with Crippen molar-refractivity contribution in [2.24, 2.45) is 0 Å². The molecule has 0 spiro atoms. The number of carbonyl (C=O) groups excluding carboxylic acids is 1. The molecule has 1 N–H and O–H groups in total. The first-order valence-corrected chi connectivity index (χ1v) is 8.26. The molecule has 1 amide bonds. The van der Waals surface area contributed by atoms with Crippen LogP contribution < -0.4 is 14.8 Å². The lowest BCUT2D eigenvalue weighted by atomic mass is 10.1. The van der Waals surface area contributed by atoms with Gasteiger partial charge in [0.2, 0.25) is 5.91 Å². The predicted molar refractivity (Wildman–Crippen MR) is 90.8 cm³/mol. The molecule has 8 heteroatoms. The van der Waals surface area contributed by atoms with Crippen LogP contribution in [0, 0.1) is 0 Å². The maximum absolute atomic E-state index is 12.8. The van der Waals surface area contributed by atoms with Crippen LogP contribution in [0.5, 0.6) is 11.5 Å². The summed E-state index contributed by atoms with van der Waals surface area (Å²) in [5.74, 6) is 0.463. The van der Waals surface area contributed by atoms with Crippen molar-refractivity contribution in [1.82, 2.24) is 0 Å². The van der Waals surface area contributed by atoms with E-state index >= 15 is 0 Å². The Hall–Kier alpha value is -2.41. The Morgan fingerprint density at radius 2 is 1.81 bits per heavy atom. The van der Waals surface area contributed by atoms with Crippen LogP contribution >= 0.6 is 11.6 Å². The molecule has 138 valence electrons. The largest absolute Gasteiger partial charge is 0.490 e. The summed E-state index contributed by atoms with van der Waals surface area (Å²) >= 11 is 6.15. The minimum absolute atomic E-state index is 0.214. The van der Waals surface area contributed by atoms with Gasteiger partial charge in [-0.2, -0.15) is 13.2 Å². The molecule has 26 heavy (non-hydrogen) atoms. The number of ether oxygens (including phenoxy) is 2. The molecule has 0 fully saturated rings. The Balaban J connectivity index is 1.73. The summed E-state index contributed by atoms with van der Waals surface area (Å²) in [5.41, 5.74) is -0.230. The molecule has 0 bridgehead atoms. The molecule has 2 aromatic rings. The predicted octanol–water partition coefficient (Wildman–Crippen LogP) is 4.70. The van der Waals surface area contributed by atoms with Crippen LogP contribution in [-0.2, 0) is 17.4 Å². The van der Waals surface area contributed by atoms with E-state index in [9.17, 15) is 18.0 Å². The summed E-state index contributed by atoms with van der Waals surface area (Å²) in [6.45, 7) is 0.983. The standard InChI is InChI=1S/C18H15ClF3NO3/c19-13-9-15-16(26-6-2-5-25-15)10-14(13)23-17(24)8-11-3-1-4-12(7-11)18(20,21)22/h1,3-4,7,9-10H,2,5-6,8H2,(H,23,24). The monoisotopic (exact) mass is 385 g/mol. The first-order valence-electron chi connectivity index (χ1n) is 7.88. The van der Waals surface area contributed by atoms with Gasteiger partial charge in [0.05, 0.1) is 35.9 Å². The number of nitrogens with one attached hydrogen (secondary N) is 1. The van der Waals surface area contributed by atoms with Crippen LogP contribution in [-0.4, -0.2) is 19.1 Å². The van der Waals surface area contributed by atoms with Gasteiger partial charge in [0.25, 0.3) is 0 Å². The molecule has 2 aromatic carbocycles. The molecule has 0 aliphatic carbocycles. The third-order valence-electron chi connectivity index (χ3n) is 3.73. The van der Waals surface area contributed by atoms with E-state index in [1.165, 1.54) is 12.1 Å². The second-order valence-corrected chi connectivity index (χ2v) is 6.16. The van der Waals surface area contributed by atoms with E-state index in [1.54, 1.807) is 12.1 Å². The van der Waals surface area contributed by atoms with E-state index in [4.69, 9.17) is 21.1 Å². The van der Waals surface area contributed by atoms with E-state index in [2.05, 4.69) is 5.32 Å². The van der Waals surface area contributed by atoms with Gasteiger partial charge in [-0.05, 0) is 11.6 Å². The van der Waals surface area contributed by atoms with Crippen molar-refractivity contribution in [2.75, 3.05) is 18.5 Å². The van der Waals surface area contributed by atoms with Gasteiger partial charge in [0.1, 0.15) is 0 Å². The molecule has 0 unspecified atom stereocenters. The number of hydrogen-bond acceptors (Lipinski definition) is 3. The molecule has 0 aromatic heterocycles. The number of anilines is 1. The summed E-state index contributed by atoms with van der Waals surface area (Å²) in [5, 5.41) is 2.86. The van der Waals surface area contributed by atoms with E-state index in [0.717, 1.165) is 18.6 Å². The zero-order valence-electron chi connectivity index (χ0n) is 13.5. The van der Waals surface area contributed by atoms with Crippen LogP contribution in [0.25, 0.3) is 0 Å². The van der Waals surface area contributed by atoms with Crippen LogP contribution in [0.1, 0.15) is 17.5 Å². The van der Waals surface area contributed by atoms with Crippen molar-refractivity contribution in [1.29, 1.82) is 0 Å². The average Bonchev–Trinajstić information content (AvgIpc) is 2.79. The summed E-state index contributed by atoms with van der Waals surface area (Å²) < 4.78 is 49.3. The number of fused-ring (bicyclic) bond motifs is 1. The van der Waals surface area contributed by atoms with Gasteiger partial charge in [0.15, 0.2) is 11.5 Å². The average molecular weight is 386 g/mol. The highest BCUT2D eigenvalue weighted by atomic mass is 35.5. The lowest BCUT2D eigenvalue weighted by Crippen LogP contribution is -2.15. The quantitative estimate of drug-likeness (QED) is 0.833. The SMILES string of the molecule is O=C(Cc1cccc(C(F)(F)F)c1)Nc1cc2c(cc1Cl)OCCCO2. The van der Waals surface area contributed by atoms with Crippen LogP contribution in [0.15, 0.2) is 36.4 Å². The lowest BCUT2D eigenvalue weighted by molar-refractivity contribution is -0.137. The lowest BCUT2D eigenvalue weighted by Gasteiger charge is -2.13. The Labute approximate surface area is 152 Å². The number of amides is 1. The topological polar surface area (TPSA) is 47.6 Å². The minimum Gasteiger partial charge on any atom is -0.490 e. The van der Waals surface area contributed by atoms with Gasteiger partial charge in [-0.25, -0.2) is 0 Å². The third-order valence-corrected chi connectivity index (χ3v) is 4.04. The summed E-state index contributed by atoms with van der Waals surface area (Å²) in [6.07, 6.45) is -3.94. The first kappa shape index (κ1) is 18.4. The second-order valence-electron chi connectivity index (χ2n) is 5.75. The Morgan fingerprint density at radius 1 is 1.12 bits per heavy atom. The van der Waals surface area contributed by atoms with E-state index < -0.39 is 17.6 Å². The number of hydrogen-bond donors (Lipinski definition) is 1. The molecular weight excluding hydrogens is 371 g/mol. The van der Waals surface area contributed by atoms with Crippen molar-refractivity contribution in [3.05, 3.63) is 52.5 Å². The molecule has 4 nitrogen and oxygen atoms in total. The van der Waals surface area contributed by atoms with Crippen LogP contribution in [0.3, 0.4) is 0 Å². The highest BCUT2D eigenvalue weighted by Crippen LogP contribution is 2.37. The number of carbonyl (C=O) groups is 1.